The minimum Gasteiger partial charge on any atom is -0.374 e. The van der Waals surface area contributed by atoms with E-state index in [1.165, 1.54) is 0 Å². The molecule has 2 bridgehead atoms. The molecule has 2 rings (SSSR count). The van der Waals surface area contributed by atoms with Crippen molar-refractivity contribution in [3.63, 3.8) is 0 Å². The molecule has 2 saturated heterocycles. The predicted octanol–water partition coefficient (Wildman–Crippen LogP) is 3.91. The summed E-state index contributed by atoms with van der Waals surface area (Å²) >= 11 is 5.52. The van der Waals surface area contributed by atoms with Crippen LogP contribution in [0.5, 0.6) is 0 Å². The number of allylic oxidation sites excluding steroid dienone is 2. The number of nitrogens with one attached hydrogen (secondary N) is 2. The fraction of sp³-hybridized carbons (Fsp3) is 0.792. The van der Waals surface area contributed by atoms with Crippen molar-refractivity contribution in [1.82, 2.24) is 10.6 Å². The minimum absolute atomic E-state index is 0.0601. The summed E-state index contributed by atoms with van der Waals surface area (Å²) in [6.07, 6.45) is 13.5. The maximum atomic E-state index is 12.5. The van der Waals surface area contributed by atoms with Crippen molar-refractivity contribution in [3.8, 4) is 0 Å². The van der Waals surface area contributed by atoms with Crippen LogP contribution in [0.3, 0.4) is 0 Å². The highest BCUT2D eigenvalue weighted by molar-refractivity contribution is 6.27. The average Bonchev–Trinajstić information content (AvgIpc) is 3.36. The predicted molar refractivity (Wildman–Crippen MR) is 123 cm³/mol. The smallest absolute Gasteiger partial charge is 0.242 e. The third kappa shape index (κ3) is 8.57. The summed E-state index contributed by atoms with van der Waals surface area (Å²) in [5.41, 5.74) is 0. The zero-order valence-corrected chi connectivity index (χ0v) is 19.8. The van der Waals surface area contributed by atoms with Crippen LogP contribution in [0, 0.1) is 11.8 Å². The number of amides is 2. The van der Waals surface area contributed by atoms with E-state index in [0.717, 1.165) is 51.4 Å². The molecule has 1 unspecified atom stereocenters. The Kier molecular flexibility index (Phi) is 11.6. The lowest BCUT2D eigenvalue weighted by Crippen LogP contribution is -2.47. The summed E-state index contributed by atoms with van der Waals surface area (Å²) in [5, 5.41) is 5.83. The second kappa shape index (κ2) is 13.9. The van der Waals surface area contributed by atoms with E-state index in [1.54, 1.807) is 6.92 Å². The highest BCUT2D eigenvalue weighted by atomic mass is 35.5. The molecule has 176 valence electrons. The van der Waals surface area contributed by atoms with Crippen LogP contribution < -0.4 is 10.6 Å². The molecule has 0 spiro atoms. The third-order valence-electron chi connectivity index (χ3n) is 6.43. The molecule has 0 saturated carbocycles. The molecule has 2 amide bonds. The van der Waals surface area contributed by atoms with Gasteiger partial charge in [0.05, 0.1) is 18.1 Å². The van der Waals surface area contributed by atoms with E-state index in [4.69, 9.17) is 16.3 Å². The maximum absolute atomic E-state index is 12.5. The maximum Gasteiger partial charge on any atom is 0.242 e. The molecule has 0 aromatic carbocycles. The van der Waals surface area contributed by atoms with Gasteiger partial charge in [-0.25, -0.2) is 0 Å². The van der Waals surface area contributed by atoms with Crippen LogP contribution in [0.1, 0.15) is 78.1 Å². The Bertz CT molecular complexity index is 625. The van der Waals surface area contributed by atoms with E-state index in [9.17, 15) is 14.4 Å². The first kappa shape index (κ1) is 25.9. The van der Waals surface area contributed by atoms with Gasteiger partial charge < -0.3 is 15.4 Å². The van der Waals surface area contributed by atoms with Gasteiger partial charge in [-0.2, -0.15) is 0 Å². The molecule has 0 aromatic heterocycles. The highest BCUT2D eigenvalue weighted by Gasteiger charge is 2.48. The van der Waals surface area contributed by atoms with E-state index < -0.39 is 6.04 Å². The van der Waals surface area contributed by atoms with E-state index >= 15 is 0 Å². The van der Waals surface area contributed by atoms with Gasteiger partial charge in [0.2, 0.25) is 11.8 Å². The molecule has 0 radical (unpaired) electrons. The van der Waals surface area contributed by atoms with Crippen LogP contribution in [0.15, 0.2) is 12.2 Å². The second-order valence-corrected chi connectivity index (χ2v) is 9.15. The number of unbranched alkanes of at least 4 members (excludes halogenated alkanes) is 3. The van der Waals surface area contributed by atoms with Gasteiger partial charge in [0.1, 0.15) is 11.8 Å². The molecule has 6 nitrogen and oxygen atoms in total. The summed E-state index contributed by atoms with van der Waals surface area (Å²) in [5.74, 6) is 0.705. The second-order valence-electron chi connectivity index (χ2n) is 8.88. The lowest BCUT2D eigenvalue weighted by atomic mass is 9.77. The number of hydrogen-bond acceptors (Lipinski definition) is 4. The summed E-state index contributed by atoms with van der Waals surface area (Å²) < 4.78 is 6.12. The first-order chi connectivity index (χ1) is 15.0. The Hall–Kier alpha value is -1.40. The Morgan fingerprint density at radius 1 is 1.06 bits per heavy atom. The lowest BCUT2D eigenvalue weighted by Gasteiger charge is -2.28. The van der Waals surface area contributed by atoms with E-state index in [2.05, 4.69) is 29.7 Å². The van der Waals surface area contributed by atoms with E-state index in [-0.39, 0.29) is 35.7 Å². The van der Waals surface area contributed by atoms with Crippen molar-refractivity contribution in [2.24, 2.45) is 11.8 Å². The number of alkyl halides is 1. The lowest BCUT2D eigenvalue weighted by molar-refractivity contribution is -0.128. The zero-order valence-electron chi connectivity index (χ0n) is 19.0. The van der Waals surface area contributed by atoms with Gasteiger partial charge in [0.25, 0.3) is 0 Å². The number of ether oxygens (including phenoxy) is 1. The first-order valence-corrected chi connectivity index (χ1v) is 12.4. The average molecular weight is 455 g/mol. The highest BCUT2D eigenvalue weighted by Crippen LogP contribution is 2.44. The van der Waals surface area contributed by atoms with Gasteiger partial charge >= 0.3 is 0 Å². The van der Waals surface area contributed by atoms with Crippen LogP contribution in [0.4, 0.5) is 0 Å². The van der Waals surface area contributed by atoms with Gasteiger partial charge in [0, 0.05) is 25.3 Å². The van der Waals surface area contributed by atoms with Crippen molar-refractivity contribution in [2.45, 2.75) is 96.3 Å². The number of Topliss-reactive ketones (excluding diaryl/α,β-unsaturated/α-hetero) is 1. The molecule has 2 aliphatic heterocycles. The van der Waals surface area contributed by atoms with Crippen LogP contribution in [-0.2, 0) is 19.1 Å². The SMILES string of the molecule is CCCCCC(=O)NC(C)C(=O)NC[C@@H]1[C@H](CC=CCCCC(=O)CCl)[C@@H]2CC[C@H]1O2. The van der Waals surface area contributed by atoms with Crippen LogP contribution in [0.25, 0.3) is 0 Å². The molecule has 7 heteroatoms. The fourth-order valence-electron chi connectivity index (χ4n) is 4.62. The van der Waals surface area contributed by atoms with E-state index in [1.807, 2.05) is 0 Å². The number of rotatable bonds is 15. The Labute approximate surface area is 191 Å². The number of carbonyl (C=O) groups is 3. The molecular weight excluding hydrogens is 416 g/mol. The van der Waals surface area contributed by atoms with Crippen molar-refractivity contribution in [3.05, 3.63) is 12.2 Å². The number of fused-ring (bicyclic) bond motifs is 2. The molecule has 2 fully saturated rings. The van der Waals surface area contributed by atoms with Crippen LogP contribution in [0.2, 0.25) is 0 Å². The van der Waals surface area contributed by atoms with Crippen LogP contribution in [-0.4, -0.2) is 48.3 Å². The Morgan fingerprint density at radius 3 is 2.52 bits per heavy atom. The topological polar surface area (TPSA) is 84.5 Å². The molecule has 2 aliphatic rings. The molecule has 31 heavy (non-hydrogen) atoms. The number of ketones is 1. The normalized spacial score (nSPS) is 25.6. The Balaban J connectivity index is 1.73. The molecule has 2 N–H and O–H groups in total. The largest absolute Gasteiger partial charge is 0.374 e. The van der Waals surface area contributed by atoms with Gasteiger partial charge in [-0.3, -0.25) is 14.4 Å². The first-order valence-electron chi connectivity index (χ1n) is 11.9. The molecular formula is C24H39ClN2O4. The Morgan fingerprint density at radius 2 is 1.81 bits per heavy atom. The number of carbonyl (C=O) groups excluding carboxylic acids is 3. The van der Waals surface area contributed by atoms with Crippen molar-refractivity contribution in [1.29, 1.82) is 0 Å². The number of halogens is 1. The van der Waals surface area contributed by atoms with Gasteiger partial charge in [0.15, 0.2) is 0 Å². The van der Waals surface area contributed by atoms with Crippen molar-refractivity contribution in [2.75, 3.05) is 12.4 Å². The van der Waals surface area contributed by atoms with Crippen molar-refractivity contribution >= 4 is 29.2 Å². The molecule has 5 atom stereocenters. The van der Waals surface area contributed by atoms with Crippen molar-refractivity contribution < 1.29 is 19.1 Å². The summed E-state index contributed by atoms with van der Waals surface area (Å²) in [7, 11) is 0. The summed E-state index contributed by atoms with van der Waals surface area (Å²) in [6.45, 7) is 4.42. The minimum atomic E-state index is -0.525. The number of hydrogen-bond donors (Lipinski definition) is 2. The van der Waals surface area contributed by atoms with E-state index in [0.29, 0.717) is 31.2 Å². The van der Waals surface area contributed by atoms with Gasteiger partial charge in [-0.05, 0) is 51.4 Å². The third-order valence-corrected chi connectivity index (χ3v) is 6.73. The zero-order chi connectivity index (χ0) is 22.6. The monoisotopic (exact) mass is 454 g/mol. The molecule has 0 aliphatic carbocycles. The quantitative estimate of drug-likeness (QED) is 0.223. The molecule has 0 aromatic rings. The summed E-state index contributed by atoms with van der Waals surface area (Å²) in [4.78, 5) is 35.7. The standard InChI is InChI=1S/C24H39ClN2O4/c1-3-4-7-12-23(29)27-17(2)24(30)26-16-20-19(21-13-14-22(20)31-21)11-9-6-5-8-10-18(28)15-25/h6,9,17,19-22H,3-5,7-8,10-16H2,1-2H3,(H,26,30)(H,27,29)/t17?,19-,20+,21-,22+/m0/s1. The fourth-order valence-corrected chi connectivity index (χ4v) is 4.75. The van der Waals surface area contributed by atoms with Crippen LogP contribution >= 0.6 is 11.6 Å². The van der Waals surface area contributed by atoms with Gasteiger partial charge in [-0.15, -0.1) is 11.6 Å². The molecule has 2 heterocycles. The summed E-state index contributed by atoms with van der Waals surface area (Å²) in [6, 6.07) is -0.525. The van der Waals surface area contributed by atoms with Gasteiger partial charge in [-0.1, -0.05) is 31.9 Å².